The Balaban J connectivity index is 1.37. The number of para-hydroxylation sites is 1. The summed E-state index contributed by atoms with van der Waals surface area (Å²) in [4.78, 5) is 25.2. The summed E-state index contributed by atoms with van der Waals surface area (Å²) in [5.74, 6) is 1.12. The third-order valence-corrected chi connectivity index (χ3v) is 6.09. The molecule has 1 N–H and O–H groups in total. The van der Waals surface area contributed by atoms with Crippen LogP contribution in [0.2, 0.25) is 10.2 Å². The monoisotopic (exact) mass is 437 g/mol. The lowest BCUT2D eigenvalue weighted by Crippen LogP contribution is -2.47. The van der Waals surface area contributed by atoms with Crippen molar-refractivity contribution < 1.29 is 4.79 Å². The first-order valence-electron chi connectivity index (χ1n) is 9.29. The number of rotatable bonds is 6. The molecule has 4 rings (SSSR count). The number of piperazine rings is 1. The van der Waals surface area contributed by atoms with Crippen LogP contribution in [0.4, 0.5) is 11.5 Å². The van der Waals surface area contributed by atoms with Crippen molar-refractivity contribution in [3.63, 3.8) is 0 Å². The van der Waals surface area contributed by atoms with Gasteiger partial charge in [-0.2, -0.15) is 0 Å². The molecule has 28 heavy (non-hydrogen) atoms. The standard InChI is InChI=1S/C19H21Cl2N5OS/c20-14-3-1-2-4-15(14)25-7-9-26(10-8-25)17-11-16(21)23-19(24-17)28-12-18(27)22-13-5-6-13/h1-4,11,13H,5-10,12H2,(H,22,27). The molecule has 0 radical (unpaired) electrons. The highest BCUT2D eigenvalue weighted by molar-refractivity contribution is 7.99. The lowest BCUT2D eigenvalue weighted by molar-refractivity contribution is -0.118. The van der Waals surface area contributed by atoms with E-state index in [1.165, 1.54) is 11.8 Å². The van der Waals surface area contributed by atoms with E-state index in [2.05, 4.69) is 25.1 Å². The summed E-state index contributed by atoms with van der Waals surface area (Å²) in [7, 11) is 0. The molecule has 148 valence electrons. The van der Waals surface area contributed by atoms with E-state index < -0.39 is 0 Å². The van der Waals surface area contributed by atoms with E-state index >= 15 is 0 Å². The van der Waals surface area contributed by atoms with E-state index in [-0.39, 0.29) is 5.91 Å². The number of halogens is 2. The second kappa shape index (κ2) is 8.76. The molecule has 1 aliphatic carbocycles. The molecular weight excluding hydrogens is 417 g/mol. The lowest BCUT2D eigenvalue weighted by Gasteiger charge is -2.37. The molecule has 0 unspecified atom stereocenters. The zero-order chi connectivity index (χ0) is 19.5. The molecule has 0 spiro atoms. The summed E-state index contributed by atoms with van der Waals surface area (Å²) in [5, 5.41) is 4.66. The average Bonchev–Trinajstić information content (AvgIpc) is 3.50. The summed E-state index contributed by atoms with van der Waals surface area (Å²) < 4.78 is 0. The Morgan fingerprint density at radius 2 is 1.82 bits per heavy atom. The van der Waals surface area contributed by atoms with Gasteiger partial charge in [0, 0.05) is 38.3 Å². The predicted molar refractivity (Wildman–Crippen MR) is 115 cm³/mol. The molecule has 1 saturated heterocycles. The van der Waals surface area contributed by atoms with Crippen LogP contribution in [0.25, 0.3) is 0 Å². The fourth-order valence-electron chi connectivity index (χ4n) is 3.12. The van der Waals surface area contributed by atoms with E-state index in [9.17, 15) is 4.79 Å². The molecule has 9 heteroatoms. The fourth-order valence-corrected chi connectivity index (χ4v) is 4.27. The Labute approximate surface area is 178 Å². The molecule has 0 atom stereocenters. The number of hydrogen-bond acceptors (Lipinski definition) is 6. The van der Waals surface area contributed by atoms with Gasteiger partial charge in [0.2, 0.25) is 5.91 Å². The van der Waals surface area contributed by atoms with E-state index in [0.717, 1.165) is 55.5 Å². The van der Waals surface area contributed by atoms with Gasteiger partial charge in [-0.05, 0) is 25.0 Å². The summed E-state index contributed by atoms with van der Waals surface area (Å²) in [6, 6.07) is 10.0. The van der Waals surface area contributed by atoms with Crippen LogP contribution in [0.5, 0.6) is 0 Å². The first kappa shape index (κ1) is 19.6. The molecule has 6 nitrogen and oxygen atoms in total. The first-order chi connectivity index (χ1) is 13.6. The van der Waals surface area contributed by atoms with Gasteiger partial charge in [-0.3, -0.25) is 4.79 Å². The third-order valence-electron chi connectivity index (χ3n) is 4.73. The molecule has 2 heterocycles. The second-order valence-electron chi connectivity index (χ2n) is 6.89. The minimum Gasteiger partial charge on any atom is -0.367 e. The number of carbonyl (C=O) groups is 1. The van der Waals surface area contributed by atoms with E-state index in [0.29, 0.717) is 22.1 Å². The number of carbonyl (C=O) groups excluding carboxylic acids is 1. The highest BCUT2D eigenvalue weighted by Gasteiger charge is 2.24. The summed E-state index contributed by atoms with van der Waals surface area (Å²) in [6.07, 6.45) is 2.16. The number of amides is 1. The van der Waals surface area contributed by atoms with Crippen LogP contribution in [0.1, 0.15) is 12.8 Å². The SMILES string of the molecule is O=C(CSc1nc(Cl)cc(N2CCN(c3ccccc3Cl)CC2)n1)NC1CC1. The quantitative estimate of drug-likeness (QED) is 0.424. The maximum absolute atomic E-state index is 11.9. The number of benzene rings is 1. The molecule has 2 aromatic rings. The summed E-state index contributed by atoms with van der Waals surface area (Å²) in [5.41, 5.74) is 1.06. The Hall–Kier alpha value is -1.70. The summed E-state index contributed by atoms with van der Waals surface area (Å²) >= 11 is 13.8. The van der Waals surface area contributed by atoms with E-state index in [1.807, 2.05) is 24.3 Å². The average molecular weight is 438 g/mol. The molecule has 1 amide bonds. The largest absolute Gasteiger partial charge is 0.367 e. The second-order valence-corrected chi connectivity index (χ2v) is 8.62. The third kappa shape index (κ3) is 5.01. The van der Waals surface area contributed by atoms with Crippen LogP contribution in [-0.4, -0.2) is 53.8 Å². The summed E-state index contributed by atoms with van der Waals surface area (Å²) in [6.45, 7) is 3.31. The molecular formula is C19H21Cl2N5OS. The zero-order valence-electron chi connectivity index (χ0n) is 15.3. The molecule has 1 aromatic heterocycles. The maximum atomic E-state index is 11.9. The number of thioether (sulfide) groups is 1. The van der Waals surface area contributed by atoms with Crippen LogP contribution >= 0.6 is 35.0 Å². The molecule has 0 bridgehead atoms. The molecule has 2 fully saturated rings. The minimum atomic E-state index is 0.0194. The number of hydrogen-bond donors (Lipinski definition) is 1. The van der Waals surface area contributed by atoms with Gasteiger partial charge in [-0.1, -0.05) is 47.1 Å². The van der Waals surface area contributed by atoms with Crippen molar-refractivity contribution in [2.75, 3.05) is 41.7 Å². The van der Waals surface area contributed by atoms with Crippen molar-refractivity contribution in [1.29, 1.82) is 0 Å². The van der Waals surface area contributed by atoms with Gasteiger partial charge in [0.05, 0.1) is 16.5 Å². The van der Waals surface area contributed by atoms with Gasteiger partial charge < -0.3 is 15.1 Å². The minimum absolute atomic E-state index is 0.0194. The van der Waals surface area contributed by atoms with Crippen LogP contribution in [0.3, 0.4) is 0 Å². The maximum Gasteiger partial charge on any atom is 0.230 e. The van der Waals surface area contributed by atoms with Gasteiger partial charge in [0.1, 0.15) is 11.0 Å². The van der Waals surface area contributed by atoms with Gasteiger partial charge in [-0.15, -0.1) is 0 Å². The van der Waals surface area contributed by atoms with Crippen molar-refractivity contribution in [2.45, 2.75) is 24.0 Å². The van der Waals surface area contributed by atoms with Crippen molar-refractivity contribution in [3.8, 4) is 0 Å². The first-order valence-corrected chi connectivity index (χ1v) is 11.0. The van der Waals surface area contributed by atoms with E-state index in [1.54, 1.807) is 6.07 Å². The van der Waals surface area contributed by atoms with Crippen molar-refractivity contribution >= 4 is 52.4 Å². The van der Waals surface area contributed by atoms with Crippen molar-refractivity contribution in [3.05, 3.63) is 40.5 Å². The molecule has 2 aliphatic rings. The Morgan fingerprint density at radius 3 is 2.54 bits per heavy atom. The highest BCUT2D eigenvalue weighted by atomic mass is 35.5. The molecule has 1 saturated carbocycles. The van der Waals surface area contributed by atoms with Gasteiger partial charge in [0.15, 0.2) is 5.16 Å². The van der Waals surface area contributed by atoms with Crippen LogP contribution < -0.4 is 15.1 Å². The van der Waals surface area contributed by atoms with Crippen LogP contribution in [0, 0.1) is 0 Å². The van der Waals surface area contributed by atoms with E-state index in [4.69, 9.17) is 23.2 Å². The zero-order valence-corrected chi connectivity index (χ0v) is 17.6. The number of aromatic nitrogens is 2. The van der Waals surface area contributed by atoms with Crippen molar-refractivity contribution in [2.24, 2.45) is 0 Å². The smallest absolute Gasteiger partial charge is 0.230 e. The Morgan fingerprint density at radius 1 is 1.11 bits per heavy atom. The fraction of sp³-hybridized carbons (Fsp3) is 0.421. The Bertz CT molecular complexity index is 856. The number of nitrogens with one attached hydrogen (secondary N) is 1. The highest BCUT2D eigenvalue weighted by Crippen LogP contribution is 2.28. The number of nitrogens with zero attached hydrogens (tertiary/aromatic N) is 4. The van der Waals surface area contributed by atoms with Crippen LogP contribution in [-0.2, 0) is 4.79 Å². The predicted octanol–water partition coefficient (Wildman–Crippen LogP) is 3.48. The molecule has 1 aliphatic heterocycles. The number of anilines is 2. The van der Waals surface area contributed by atoms with Gasteiger partial charge in [-0.25, -0.2) is 9.97 Å². The topological polar surface area (TPSA) is 61.4 Å². The molecule has 1 aromatic carbocycles. The Kier molecular flexibility index (Phi) is 6.13. The lowest BCUT2D eigenvalue weighted by atomic mass is 10.2. The van der Waals surface area contributed by atoms with Gasteiger partial charge in [0.25, 0.3) is 0 Å². The van der Waals surface area contributed by atoms with Crippen molar-refractivity contribution in [1.82, 2.24) is 15.3 Å². The van der Waals surface area contributed by atoms with Gasteiger partial charge >= 0.3 is 0 Å². The van der Waals surface area contributed by atoms with Crippen LogP contribution in [0.15, 0.2) is 35.5 Å². The normalized spacial score (nSPS) is 16.9.